The first kappa shape index (κ1) is 15.6. The molecule has 1 aromatic heterocycles. The van der Waals surface area contributed by atoms with E-state index in [9.17, 15) is 9.59 Å². The maximum absolute atomic E-state index is 11.6. The van der Waals surface area contributed by atoms with Gasteiger partial charge in [0.15, 0.2) is 5.13 Å². The van der Waals surface area contributed by atoms with E-state index < -0.39 is 24.9 Å². The van der Waals surface area contributed by atoms with E-state index >= 15 is 0 Å². The summed E-state index contributed by atoms with van der Waals surface area (Å²) in [6, 6.07) is 0. The van der Waals surface area contributed by atoms with E-state index in [1.807, 2.05) is 13.8 Å². The van der Waals surface area contributed by atoms with Gasteiger partial charge in [-0.1, -0.05) is 13.8 Å². The molecule has 7 nitrogen and oxygen atoms in total. The summed E-state index contributed by atoms with van der Waals surface area (Å²) >= 11 is 1.18. The minimum absolute atomic E-state index is 0.147. The van der Waals surface area contributed by atoms with Crippen LogP contribution in [-0.4, -0.2) is 39.9 Å². The summed E-state index contributed by atoms with van der Waals surface area (Å²) < 4.78 is 0. The van der Waals surface area contributed by atoms with Crippen molar-refractivity contribution >= 4 is 35.4 Å². The number of hydrogen-bond donors (Lipinski definition) is 4. The lowest BCUT2D eigenvalue weighted by Crippen LogP contribution is -2.50. The van der Waals surface area contributed by atoms with Gasteiger partial charge in [-0.3, -0.25) is 14.9 Å². The molecule has 1 atom stereocenters. The van der Waals surface area contributed by atoms with E-state index in [4.69, 9.17) is 10.0 Å². The second kappa shape index (κ2) is 7.22. The molecular formula is C10H16BN3O4S. The van der Waals surface area contributed by atoms with Gasteiger partial charge in [-0.25, -0.2) is 4.98 Å². The number of carbonyl (C=O) groups excluding carboxylic acids is 2. The van der Waals surface area contributed by atoms with Crippen LogP contribution in [0.25, 0.3) is 0 Å². The van der Waals surface area contributed by atoms with Crippen LogP contribution in [0.1, 0.15) is 20.3 Å². The smallest absolute Gasteiger partial charge is 0.426 e. The molecule has 0 aromatic carbocycles. The molecule has 104 valence electrons. The third-order valence-corrected chi connectivity index (χ3v) is 2.95. The van der Waals surface area contributed by atoms with Gasteiger partial charge in [0.05, 0.1) is 5.94 Å². The van der Waals surface area contributed by atoms with Gasteiger partial charge in [-0.2, -0.15) is 0 Å². The Bertz CT molecular complexity index is 424. The minimum atomic E-state index is -1.71. The Morgan fingerprint density at radius 2 is 2.11 bits per heavy atom. The quantitative estimate of drug-likeness (QED) is 0.435. The number of anilines is 1. The van der Waals surface area contributed by atoms with E-state index in [2.05, 4.69) is 15.6 Å². The standard InChI is InChI=1S/C10H16BN3O4S/c1-6(2)5-7(11(17)18)13-8(15)9(16)14-10-12-3-4-19-10/h3-4,6-7,17-18H,5H2,1-2H3,(H,13,15)(H,12,14,16). The van der Waals surface area contributed by atoms with E-state index in [0.29, 0.717) is 11.6 Å². The zero-order valence-electron chi connectivity index (χ0n) is 10.7. The van der Waals surface area contributed by atoms with E-state index in [-0.39, 0.29) is 5.92 Å². The number of hydrogen-bond acceptors (Lipinski definition) is 6. The minimum Gasteiger partial charge on any atom is -0.426 e. The van der Waals surface area contributed by atoms with Crippen LogP contribution in [0.2, 0.25) is 0 Å². The molecule has 1 rings (SSSR count). The van der Waals surface area contributed by atoms with E-state index in [1.54, 1.807) is 5.38 Å². The van der Waals surface area contributed by atoms with Crippen LogP contribution >= 0.6 is 11.3 Å². The second-order valence-electron chi connectivity index (χ2n) is 4.41. The Morgan fingerprint density at radius 3 is 2.58 bits per heavy atom. The molecule has 2 amide bonds. The molecule has 0 spiro atoms. The normalized spacial score (nSPS) is 12.1. The molecule has 19 heavy (non-hydrogen) atoms. The summed E-state index contributed by atoms with van der Waals surface area (Å²) in [5, 5.41) is 24.9. The SMILES string of the molecule is CC(C)CC(NC(=O)C(=O)Nc1nccs1)B(O)O. The molecule has 0 aliphatic rings. The van der Waals surface area contributed by atoms with Gasteiger partial charge in [-0.15, -0.1) is 11.3 Å². The fourth-order valence-corrected chi connectivity index (χ4v) is 1.96. The highest BCUT2D eigenvalue weighted by Gasteiger charge is 2.28. The summed E-state index contributed by atoms with van der Waals surface area (Å²) in [5.41, 5.74) is 0. The van der Waals surface area contributed by atoms with Gasteiger partial charge in [0.2, 0.25) is 0 Å². The highest BCUT2D eigenvalue weighted by Crippen LogP contribution is 2.10. The third-order valence-electron chi connectivity index (χ3n) is 2.26. The van der Waals surface area contributed by atoms with Crippen molar-refractivity contribution in [2.45, 2.75) is 26.2 Å². The molecule has 1 heterocycles. The monoisotopic (exact) mass is 285 g/mol. The van der Waals surface area contributed by atoms with Gasteiger partial charge in [0.25, 0.3) is 0 Å². The Labute approximate surface area is 115 Å². The molecule has 0 bridgehead atoms. The van der Waals surface area contributed by atoms with Crippen molar-refractivity contribution in [3.8, 4) is 0 Å². The molecule has 0 saturated heterocycles. The second-order valence-corrected chi connectivity index (χ2v) is 5.31. The maximum Gasteiger partial charge on any atom is 0.475 e. The molecule has 4 N–H and O–H groups in total. The summed E-state index contributed by atoms with van der Waals surface area (Å²) in [6.07, 6.45) is 1.85. The molecule has 0 aliphatic heterocycles. The van der Waals surface area contributed by atoms with Gasteiger partial charge in [0, 0.05) is 11.6 Å². The van der Waals surface area contributed by atoms with Crippen molar-refractivity contribution in [3.63, 3.8) is 0 Å². The summed E-state index contributed by atoms with van der Waals surface area (Å²) in [6.45, 7) is 3.74. The first-order valence-electron chi connectivity index (χ1n) is 5.77. The molecule has 1 aromatic rings. The van der Waals surface area contributed by atoms with Crippen LogP contribution in [0.4, 0.5) is 5.13 Å². The number of amides is 2. The molecule has 0 fully saturated rings. The lowest BCUT2D eigenvalue weighted by Gasteiger charge is -2.18. The van der Waals surface area contributed by atoms with Crippen molar-refractivity contribution < 1.29 is 19.6 Å². The van der Waals surface area contributed by atoms with Crippen LogP contribution < -0.4 is 10.6 Å². The lowest BCUT2D eigenvalue weighted by molar-refractivity contribution is -0.136. The highest BCUT2D eigenvalue weighted by molar-refractivity contribution is 7.13. The van der Waals surface area contributed by atoms with Gasteiger partial charge >= 0.3 is 18.9 Å². The van der Waals surface area contributed by atoms with Crippen LogP contribution in [0.5, 0.6) is 0 Å². The fraction of sp³-hybridized carbons (Fsp3) is 0.500. The third kappa shape index (κ3) is 5.37. The van der Waals surface area contributed by atoms with E-state index in [1.165, 1.54) is 17.5 Å². The molecule has 0 radical (unpaired) electrons. The van der Waals surface area contributed by atoms with Gasteiger partial charge < -0.3 is 15.4 Å². The van der Waals surface area contributed by atoms with E-state index in [0.717, 1.165) is 0 Å². The highest BCUT2D eigenvalue weighted by atomic mass is 32.1. The zero-order valence-corrected chi connectivity index (χ0v) is 11.5. The number of nitrogens with zero attached hydrogens (tertiary/aromatic N) is 1. The molecule has 9 heteroatoms. The Balaban J connectivity index is 2.53. The summed E-state index contributed by atoms with van der Waals surface area (Å²) in [5.74, 6) is -2.54. The van der Waals surface area contributed by atoms with Crippen molar-refractivity contribution in [3.05, 3.63) is 11.6 Å². The molecule has 0 saturated carbocycles. The first-order chi connectivity index (χ1) is 8.90. The summed E-state index contributed by atoms with van der Waals surface area (Å²) in [4.78, 5) is 26.9. The topological polar surface area (TPSA) is 112 Å². The number of nitrogens with one attached hydrogen (secondary N) is 2. The summed E-state index contributed by atoms with van der Waals surface area (Å²) in [7, 11) is -1.71. The Morgan fingerprint density at radius 1 is 1.42 bits per heavy atom. The number of rotatable bonds is 5. The van der Waals surface area contributed by atoms with Crippen molar-refractivity contribution in [1.29, 1.82) is 0 Å². The molecule has 0 aliphatic carbocycles. The number of thiazole rings is 1. The largest absolute Gasteiger partial charge is 0.475 e. The predicted molar refractivity (Wildman–Crippen MR) is 72.3 cm³/mol. The molecule has 1 unspecified atom stereocenters. The Hall–Kier alpha value is -1.45. The average molecular weight is 285 g/mol. The first-order valence-corrected chi connectivity index (χ1v) is 6.65. The van der Waals surface area contributed by atoms with Crippen LogP contribution in [0.15, 0.2) is 11.6 Å². The zero-order chi connectivity index (χ0) is 14.4. The van der Waals surface area contributed by atoms with Crippen LogP contribution in [0, 0.1) is 5.92 Å². The fourth-order valence-electron chi connectivity index (χ4n) is 1.44. The van der Waals surface area contributed by atoms with Crippen LogP contribution in [0.3, 0.4) is 0 Å². The van der Waals surface area contributed by atoms with Gasteiger partial charge in [0.1, 0.15) is 0 Å². The molecular weight excluding hydrogens is 269 g/mol. The van der Waals surface area contributed by atoms with Crippen molar-refractivity contribution in [2.75, 3.05) is 5.32 Å². The lowest BCUT2D eigenvalue weighted by atomic mass is 9.75. The number of carbonyl (C=O) groups is 2. The van der Waals surface area contributed by atoms with Crippen molar-refractivity contribution in [1.82, 2.24) is 10.3 Å². The van der Waals surface area contributed by atoms with Gasteiger partial charge in [-0.05, 0) is 12.3 Å². The maximum atomic E-state index is 11.6. The average Bonchev–Trinajstić information content (AvgIpc) is 2.79. The Kier molecular flexibility index (Phi) is 5.93. The van der Waals surface area contributed by atoms with Crippen molar-refractivity contribution in [2.24, 2.45) is 5.92 Å². The van der Waals surface area contributed by atoms with Crippen LogP contribution in [-0.2, 0) is 9.59 Å². The number of aromatic nitrogens is 1. The predicted octanol–water partition coefficient (Wildman–Crippen LogP) is -0.375.